The van der Waals surface area contributed by atoms with E-state index in [1.807, 2.05) is 24.4 Å². The lowest BCUT2D eigenvalue weighted by Gasteiger charge is -2.04. The number of nitrogens with two attached hydrogens (primary N) is 1. The van der Waals surface area contributed by atoms with Gasteiger partial charge in [0.05, 0.1) is 6.26 Å². The number of aryl methyl sites for hydroxylation is 1. The van der Waals surface area contributed by atoms with Crippen LogP contribution in [0.4, 0.5) is 0 Å². The Kier molecular flexibility index (Phi) is 3.29. The zero-order valence-electron chi connectivity index (χ0n) is 10.7. The molecule has 2 aromatic heterocycles. The summed E-state index contributed by atoms with van der Waals surface area (Å²) < 4.78 is 5.36. The molecule has 0 saturated heterocycles. The van der Waals surface area contributed by atoms with Crippen molar-refractivity contribution in [1.29, 1.82) is 0 Å². The SMILES string of the molecule is NCCCc1cc(-c2ccc3occc3c2)ccn1. The Morgan fingerprint density at radius 3 is 2.84 bits per heavy atom. The summed E-state index contributed by atoms with van der Waals surface area (Å²) in [5, 5.41) is 1.12. The van der Waals surface area contributed by atoms with E-state index in [1.54, 1.807) is 6.26 Å². The van der Waals surface area contributed by atoms with Crippen molar-refractivity contribution in [3.8, 4) is 11.1 Å². The normalized spacial score (nSPS) is 11.0. The number of hydrogen-bond acceptors (Lipinski definition) is 3. The molecule has 0 bridgehead atoms. The molecule has 96 valence electrons. The molecule has 3 aromatic rings. The number of pyridine rings is 1. The molecule has 0 unspecified atom stereocenters. The van der Waals surface area contributed by atoms with Gasteiger partial charge < -0.3 is 10.2 Å². The summed E-state index contributed by atoms with van der Waals surface area (Å²) in [7, 11) is 0. The summed E-state index contributed by atoms with van der Waals surface area (Å²) in [6, 6.07) is 12.4. The molecular weight excluding hydrogens is 236 g/mol. The van der Waals surface area contributed by atoms with Gasteiger partial charge in [-0.25, -0.2) is 0 Å². The minimum atomic E-state index is 0.701. The Labute approximate surface area is 112 Å². The van der Waals surface area contributed by atoms with Crippen LogP contribution in [0.15, 0.2) is 53.3 Å². The minimum absolute atomic E-state index is 0.701. The number of rotatable bonds is 4. The lowest BCUT2D eigenvalue weighted by atomic mass is 10.0. The number of nitrogens with zero attached hydrogens (tertiary/aromatic N) is 1. The highest BCUT2D eigenvalue weighted by Gasteiger charge is 2.03. The quantitative estimate of drug-likeness (QED) is 0.774. The van der Waals surface area contributed by atoms with Crippen molar-refractivity contribution in [2.75, 3.05) is 6.54 Å². The standard InChI is InChI=1S/C16H16N2O/c17-7-1-2-15-11-13(5-8-18-15)12-3-4-16-14(10-12)6-9-19-16/h3-6,8-11H,1-2,7,17H2. The number of benzene rings is 1. The van der Waals surface area contributed by atoms with Crippen LogP contribution in [0, 0.1) is 0 Å². The van der Waals surface area contributed by atoms with E-state index in [4.69, 9.17) is 10.2 Å². The molecule has 3 heteroatoms. The van der Waals surface area contributed by atoms with Crippen LogP contribution in [0.1, 0.15) is 12.1 Å². The number of aromatic nitrogens is 1. The van der Waals surface area contributed by atoms with E-state index in [2.05, 4.69) is 23.2 Å². The highest BCUT2D eigenvalue weighted by Crippen LogP contribution is 2.25. The molecule has 0 radical (unpaired) electrons. The molecule has 3 nitrogen and oxygen atoms in total. The maximum absolute atomic E-state index is 5.54. The number of fused-ring (bicyclic) bond motifs is 1. The van der Waals surface area contributed by atoms with Gasteiger partial charge in [0.1, 0.15) is 5.58 Å². The van der Waals surface area contributed by atoms with Crippen molar-refractivity contribution in [2.45, 2.75) is 12.8 Å². The van der Waals surface area contributed by atoms with E-state index in [0.29, 0.717) is 6.54 Å². The molecule has 0 atom stereocenters. The van der Waals surface area contributed by atoms with Gasteiger partial charge in [-0.2, -0.15) is 0 Å². The molecule has 0 aliphatic carbocycles. The van der Waals surface area contributed by atoms with Crippen LogP contribution >= 0.6 is 0 Å². The molecule has 19 heavy (non-hydrogen) atoms. The van der Waals surface area contributed by atoms with Crippen LogP contribution in [0.3, 0.4) is 0 Å². The van der Waals surface area contributed by atoms with Gasteiger partial charge >= 0.3 is 0 Å². The van der Waals surface area contributed by atoms with Gasteiger partial charge in [-0.1, -0.05) is 6.07 Å². The Hall–Kier alpha value is -2.13. The van der Waals surface area contributed by atoms with Crippen molar-refractivity contribution >= 4 is 11.0 Å². The molecular formula is C16H16N2O. The molecule has 2 N–H and O–H groups in total. The van der Waals surface area contributed by atoms with E-state index in [-0.39, 0.29) is 0 Å². The van der Waals surface area contributed by atoms with Crippen molar-refractivity contribution in [1.82, 2.24) is 4.98 Å². The summed E-state index contributed by atoms with van der Waals surface area (Å²) in [6.45, 7) is 0.701. The highest BCUT2D eigenvalue weighted by atomic mass is 16.3. The van der Waals surface area contributed by atoms with E-state index >= 15 is 0 Å². The van der Waals surface area contributed by atoms with E-state index in [0.717, 1.165) is 29.5 Å². The third-order valence-electron chi connectivity index (χ3n) is 3.24. The second-order valence-corrected chi connectivity index (χ2v) is 4.60. The monoisotopic (exact) mass is 252 g/mol. The fourth-order valence-corrected chi connectivity index (χ4v) is 2.22. The third kappa shape index (κ3) is 2.51. The van der Waals surface area contributed by atoms with Crippen molar-refractivity contribution in [3.05, 3.63) is 54.6 Å². The molecule has 0 amide bonds. The Morgan fingerprint density at radius 1 is 1.05 bits per heavy atom. The zero-order valence-corrected chi connectivity index (χ0v) is 10.7. The van der Waals surface area contributed by atoms with Gasteiger partial charge in [0.2, 0.25) is 0 Å². The highest BCUT2D eigenvalue weighted by molar-refractivity contribution is 5.83. The van der Waals surface area contributed by atoms with Gasteiger partial charge in [0, 0.05) is 17.3 Å². The summed E-state index contributed by atoms with van der Waals surface area (Å²) in [4.78, 5) is 4.38. The zero-order chi connectivity index (χ0) is 13.1. The Balaban J connectivity index is 1.95. The smallest absolute Gasteiger partial charge is 0.133 e. The van der Waals surface area contributed by atoms with Crippen molar-refractivity contribution in [3.63, 3.8) is 0 Å². The van der Waals surface area contributed by atoms with Crippen molar-refractivity contribution < 1.29 is 4.42 Å². The van der Waals surface area contributed by atoms with Crippen LogP contribution in [0.5, 0.6) is 0 Å². The molecule has 1 aromatic carbocycles. The van der Waals surface area contributed by atoms with E-state index in [1.165, 1.54) is 11.1 Å². The van der Waals surface area contributed by atoms with Gasteiger partial charge in [-0.05, 0) is 60.8 Å². The molecule has 0 aliphatic rings. The van der Waals surface area contributed by atoms with Crippen LogP contribution in [-0.2, 0) is 6.42 Å². The topological polar surface area (TPSA) is 52.0 Å². The van der Waals surface area contributed by atoms with Gasteiger partial charge in [-0.15, -0.1) is 0 Å². The second kappa shape index (κ2) is 5.24. The summed E-state index contributed by atoms with van der Waals surface area (Å²) in [6.07, 6.45) is 5.48. The summed E-state index contributed by atoms with van der Waals surface area (Å²) in [5.74, 6) is 0. The minimum Gasteiger partial charge on any atom is -0.464 e. The summed E-state index contributed by atoms with van der Waals surface area (Å²) in [5.41, 5.74) is 9.92. The lowest BCUT2D eigenvalue weighted by Crippen LogP contribution is -2.01. The molecule has 0 aliphatic heterocycles. The van der Waals surface area contributed by atoms with Crippen LogP contribution < -0.4 is 5.73 Å². The summed E-state index contributed by atoms with van der Waals surface area (Å²) >= 11 is 0. The Bertz CT molecular complexity index is 688. The van der Waals surface area contributed by atoms with Crippen molar-refractivity contribution in [2.24, 2.45) is 5.73 Å². The lowest BCUT2D eigenvalue weighted by molar-refractivity contribution is 0.616. The number of furan rings is 1. The van der Waals surface area contributed by atoms with Crippen LogP contribution in [0.2, 0.25) is 0 Å². The molecule has 0 spiro atoms. The first-order chi connectivity index (χ1) is 9.36. The fraction of sp³-hybridized carbons (Fsp3) is 0.188. The largest absolute Gasteiger partial charge is 0.464 e. The predicted octanol–water partition coefficient (Wildman–Crippen LogP) is 3.39. The van der Waals surface area contributed by atoms with Gasteiger partial charge in [-0.3, -0.25) is 4.98 Å². The maximum Gasteiger partial charge on any atom is 0.133 e. The van der Waals surface area contributed by atoms with Gasteiger partial charge in [0.15, 0.2) is 0 Å². The Morgan fingerprint density at radius 2 is 1.95 bits per heavy atom. The molecule has 0 fully saturated rings. The average Bonchev–Trinajstić information content (AvgIpc) is 2.92. The number of hydrogen-bond donors (Lipinski definition) is 1. The van der Waals surface area contributed by atoms with Crippen LogP contribution in [-0.4, -0.2) is 11.5 Å². The molecule has 3 rings (SSSR count). The molecule has 2 heterocycles. The van der Waals surface area contributed by atoms with E-state index < -0.39 is 0 Å². The second-order valence-electron chi connectivity index (χ2n) is 4.60. The fourth-order valence-electron chi connectivity index (χ4n) is 2.22. The van der Waals surface area contributed by atoms with Gasteiger partial charge in [0.25, 0.3) is 0 Å². The first-order valence-electron chi connectivity index (χ1n) is 6.49. The average molecular weight is 252 g/mol. The predicted molar refractivity (Wildman–Crippen MR) is 76.8 cm³/mol. The van der Waals surface area contributed by atoms with Crippen LogP contribution in [0.25, 0.3) is 22.1 Å². The third-order valence-corrected chi connectivity index (χ3v) is 3.24. The maximum atomic E-state index is 5.54. The first kappa shape index (κ1) is 11.9. The molecule has 0 saturated carbocycles. The first-order valence-corrected chi connectivity index (χ1v) is 6.49. The van der Waals surface area contributed by atoms with E-state index in [9.17, 15) is 0 Å².